The minimum absolute atomic E-state index is 0. The second kappa shape index (κ2) is 62.6. The number of halogens is 5. The molecule has 6 aliphatic carbocycles. The monoisotopic (exact) mass is 2490 g/mol. The average molecular weight is 2500 g/mol. The minimum atomic E-state index is -2.04. The van der Waals surface area contributed by atoms with Gasteiger partial charge in [0, 0.05) is 52.8 Å². The van der Waals surface area contributed by atoms with Crippen molar-refractivity contribution in [1.82, 2.24) is 30.9 Å². The van der Waals surface area contributed by atoms with E-state index in [4.69, 9.17) is 91.1 Å². The number of nitrogens with two attached hydrogens (primary N) is 3. The number of aryl methyl sites for hydroxylation is 2. The Morgan fingerprint density at radius 1 is 0.442 bits per heavy atom. The molecule has 0 amide bonds. The number of aromatic nitrogens is 4. The van der Waals surface area contributed by atoms with Gasteiger partial charge < -0.3 is 59.5 Å². The first-order chi connectivity index (χ1) is 66.5. The van der Waals surface area contributed by atoms with Crippen LogP contribution in [0.1, 0.15) is 351 Å². The maximum atomic E-state index is 13.7. The van der Waals surface area contributed by atoms with E-state index in [-0.39, 0.29) is 110 Å². The molecule has 6 fully saturated rings. The van der Waals surface area contributed by atoms with Gasteiger partial charge in [-0.05, 0) is 305 Å². The molecule has 6 saturated carbocycles. The number of aliphatic hydroxyl groups excluding tert-OH is 3. The fraction of sp³-hybridized carbons (Fsp3) is 0.757. The van der Waals surface area contributed by atoms with Crippen LogP contribution in [0, 0.1) is 61.0 Å². The number of aliphatic hydroxyl groups is 3. The third-order valence-corrected chi connectivity index (χ3v) is 59.9. The molecule has 0 spiro atoms. The predicted molar refractivity (Wildman–Crippen MR) is 606 cm³/mol. The number of nitrogens with one attached hydrogen (secondary N) is 2. The zero-order chi connectivity index (χ0) is 109. The molecule has 8 aliphatic rings. The molecule has 0 radical (unpaired) electrons. The van der Waals surface area contributed by atoms with E-state index in [0.717, 1.165) is 148 Å². The van der Waals surface area contributed by atoms with Crippen LogP contribution in [-0.2, 0) is 95.0 Å². The Morgan fingerprint density at radius 2 is 0.707 bits per heavy atom. The van der Waals surface area contributed by atoms with Gasteiger partial charge in [0.2, 0.25) is 11.9 Å². The quantitative estimate of drug-likeness (QED) is 0.0187. The molecule has 4 heterocycles. The Bertz CT molecular complexity index is 4680. The van der Waals surface area contributed by atoms with Crippen molar-refractivity contribution in [2.75, 3.05) is 37.9 Å². The fourth-order valence-electron chi connectivity index (χ4n) is 16.7. The maximum Gasteiger partial charge on any atom is 0.306 e. The molecule has 12 rings (SSSR count). The normalized spacial score (nSPS) is 23.3. The van der Waals surface area contributed by atoms with Crippen molar-refractivity contribution >= 4 is 131 Å². The molecular weight excluding hydrogens is 2300 g/mol. The van der Waals surface area contributed by atoms with Crippen molar-refractivity contribution in [3.05, 3.63) is 102 Å². The summed E-state index contributed by atoms with van der Waals surface area (Å²) in [6, 6.07) is 8.70. The van der Waals surface area contributed by atoms with Gasteiger partial charge in [0.15, 0.2) is 52.3 Å². The van der Waals surface area contributed by atoms with E-state index < -0.39 is 78.1 Å². The zero-order valence-corrected chi connectivity index (χ0v) is 107. The standard InChI is InChI=1S/C27H39BrFN5O2Si.C21H25BrFN5O2.C13H29NO2Si.C13H26O3Si.C13H28O2Si.C7H12O3.C6H15ClSi.2C2H4O2.3CH4.Hg/c1-16-24-23(33-26(30)31-16)14-22(20-12-9-18(29)13-21(20)28)32-25(24)34-35-15-17-7-10-19(11-8-17)36-37(5,6)27(2,3)4;1-11-19-18(27-21(24)25-11)9-17(15-7-4-13(23)8-16(15)22)26-20(19)28-30-10-12-2-5-14(29)6-3-12;1-13(2,3)17(4,5)16-12-8-6-11(7-9-12)10-15-14;1-13(2,3)17(4,5)16-11-8-6-10(7-9-11)12(14)15;1-13(2,3)16(4,5)15-12-8-6-11(10-14)7-9-12;8-6-3-1-5(2-4-6)7(9)10;1-6(2,3)8(4,5)7;2*1-2(3)4;;;;/h9,12-13,17,19,22H,7-8,10-11,14-15H2,1-6H3,(H,32,34)(H2,30,31,33);4,7-8,12,14,17,29H,2-3,5-6,9-10H2,1H3,(H,26,28)(H2,24,25,27);11-12H,6-10,14H2,1-5H3;10-11H,6-9H2,1-5H3,(H,14,15);11-12,14H,6-10H2,1-5H3;5-6,8H,1-4H2,(H,9,10);1-5H3;2*1H3,(H,3,4);3*1H4;/q;;;;;;;;;;;;+2/p-2/t17?,19?,22-;12?,14?,17-;;;;;;;;;;;/m11.........../s1. The molecule has 0 bridgehead atoms. The predicted octanol–water partition coefficient (Wildman–Crippen LogP) is 26.3. The zero-order valence-electron chi connectivity index (χ0n) is 92.3. The molecular formula is C107H192Br2ClF2HgN11O18Si5. The molecule has 2 aromatic carbocycles. The number of nitrogen functional groups attached to an aromatic ring is 2. The number of benzene rings is 2. The summed E-state index contributed by atoms with van der Waals surface area (Å²) < 4.78 is 63.3. The number of carbonyl (C=O) groups excluding carboxylic acids is 2. The van der Waals surface area contributed by atoms with Crippen LogP contribution in [0.15, 0.2) is 55.3 Å². The Labute approximate surface area is 922 Å². The molecule has 40 heteroatoms. The summed E-state index contributed by atoms with van der Waals surface area (Å²) in [5.41, 5.74) is 24.3. The fourth-order valence-corrected chi connectivity index (χ4v) is 25.1. The first-order valence-electron chi connectivity index (χ1n) is 52.0. The molecule has 2 aromatic heterocycles. The summed E-state index contributed by atoms with van der Waals surface area (Å²) in [5, 5.41) is 46.7. The molecule has 13 N–H and O–H groups in total. The summed E-state index contributed by atoms with van der Waals surface area (Å²) >= 11 is 11.0. The number of carboxylic acid groups (broad SMARTS) is 2. The number of hydrogen-bond donors (Lipinski definition) is 10. The Hall–Kier alpha value is -4.29. The minimum Gasteiger partial charge on any atom is -0.481 e. The van der Waals surface area contributed by atoms with Crippen LogP contribution in [0.5, 0.6) is 0 Å². The number of fused-ring (bicyclic) bond motifs is 2. The number of hydroxylamine groups is 2. The van der Waals surface area contributed by atoms with E-state index in [0.29, 0.717) is 143 Å². The second-order valence-corrected chi connectivity index (χ2v) is 79.1. The summed E-state index contributed by atoms with van der Waals surface area (Å²) in [5.74, 6) is 5.67. The SMILES string of the molecule is C.C.C.CC(=O)[O][Hg][O]C(C)=O.CC(C)(C)[Si](C)(C)Cl.CC(C)(C)[Si](C)(C)OC1CCC(C(=O)O)CC1.CC(C)(C)[Si](C)(C)OC1CCC(CO)CC1.CC(C)(C)[Si](C)(C)OC1CCC(CON)CC1.Cc1nc(N)nc2c1C(NOCC1CCC(O)CC1)=N[C@@H](c1ccc(F)cc1Br)C2.Cc1nc(N)nc2c1C(NOCC1CCC(O[Si](C)(C)C(C)(C)C)CC1)=N[C@@H](c1ccc(F)cc1Br)C2.O=C(O)C1CCC(O)CC1. The van der Waals surface area contributed by atoms with E-state index in [1.165, 1.54) is 63.8 Å². The summed E-state index contributed by atoms with van der Waals surface area (Å²) in [6.07, 6.45) is 25.1. The smallest absolute Gasteiger partial charge is 0.306 e. The molecule has 2 aliphatic heterocycles. The second-order valence-electron chi connectivity index (χ2n) is 47.9. The van der Waals surface area contributed by atoms with E-state index in [2.05, 4.69) is 237 Å². The average Bonchev–Trinajstić information content (AvgIpc) is 0.776. The number of aliphatic imine (C=N–C) groups is 2. The number of carbonyl (C=O) groups is 4. The van der Waals surface area contributed by atoms with Gasteiger partial charge in [0.1, 0.15) is 11.6 Å². The van der Waals surface area contributed by atoms with Crippen molar-refractivity contribution in [2.24, 2.45) is 51.4 Å². The van der Waals surface area contributed by atoms with Gasteiger partial charge in [-0.25, -0.2) is 45.6 Å². The Kier molecular flexibility index (Phi) is 59.1. The van der Waals surface area contributed by atoms with Crippen LogP contribution in [0.25, 0.3) is 0 Å². The van der Waals surface area contributed by atoms with Gasteiger partial charge in [-0.15, -0.1) is 0 Å². The summed E-state index contributed by atoms with van der Waals surface area (Å²) in [6.45, 7) is 65.3. The number of anilines is 2. The Morgan fingerprint density at radius 3 is 0.966 bits per heavy atom. The van der Waals surface area contributed by atoms with Crippen molar-refractivity contribution in [2.45, 2.75) is 460 Å². The van der Waals surface area contributed by atoms with E-state index in [9.17, 15) is 33.1 Å². The van der Waals surface area contributed by atoms with Crippen LogP contribution in [0.4, 0.5) is 20.7 Å². The molecule has 0 unspecified atom stereocenters. The first-order valence-corrected chi connectivity index (χ1v) is 73.7. The third kappa shape index (κ3) is 47.3. The van der Waals surface area contributed by atoms with Crippen molar-refractivity contribution < 1.29 is 116 Å². The number of amidine groups is 2. The molecule has 840 valence electrons. The van der Waals surface area contributed by atoms with Gasteiger partial charge in [-0.1, -0.05) is 183 Å². The Balaban J connectivity index is 0.000000597. The molecule has 0 saturated heterocycles. The van der Waals surface area contributed by atoms with Crippen LogP contribution < -0.4 is 28.3 Å². The van der Waals surface area contributed by atoms with Gasteiger partial charge in [-0.3, -0.25) is 29.2 Å². The molecule has 4 aromatic rings. The molecule has 29 nitrogen and oxygen atoms in total. The largest absolute Gasteiger partial charge is 0.481 e. The summed E-state index contributed by atoms with van der Waals surface area (Å²) in [7, 11) is -8.00. The van der Waals surface area contributed by atoms with Gasteiger partial charge >= 0.3 is 78.1 Å². The van der Waals surface area contributed by atoms with Crippen molar-refractivity contribution in [3.63, 3.8) is 0 Å². The maximum absolute atomic E-state index is 13.7. The number of carboxylic acids is 2. The molecule has 147 heavy (non-hydrogen) atoms. The third-order valence-electron chi connectivity index (χ3n) is 31.0. The van der Waals surface area contributed by atoms with Crippen LogP contribution in [-0.4, -0.2) is 185 Å². The van der Waals surface area contributed by atoms with E-state index in [1.54, 1.807) is 12.1 Å². The van der Waals surface area contributed by atoms with Gasteiger partial charge in [-0.2, -0.15) is 11.1 Å². The number of hydrogen-bond acceptors (Lipinski definition) is 27. The van der Waals surface area contributed by atoms with Gasteiger partial charge in [0.05, 0.1) is 89.9 Å². The number of aliphatic carboxylic acids is 2. The van der Waals surface area contributed by atoms with Crippen LogP contribution in [0.3, 0.4) is 0 Å². The van der Waals surface area contributed by atoms with E-state index >= 15 is 0 Å². The summed E-state index contributed by atoms with van der Waals surface area (Å²) in [4.78, 5) is 85.2. The number of rotatable bonds is 23. The van der Waals surface area contributed by atoms with Crippen LogP contribution in [0.2, 0.25) is 90.7 Å². The van der Waals surface area contributed by atoms with Crippen molar-refractivity contribution in [1.29, 1.82) is 0 Å². The number of nitrogens with zero attached hydrogens (tertiary/aromatic N) is 6. The van der Waals surface area contributed by atoms with Gasteiger partial charge in [0.25, 0.3) is 0 Å². The first kappa shape index (κ1) is 139. The van der Waals surface area contributed by atoms with Crippen LogP contribution >= 0.6 is 42.9 Å². The topological polar surface area (TPSA) is 431 Å². The molecule has 2 atom stereocenters. The van der Waals surface area contributed by atoms with E-state index in [1.807, 2.05) is 13.8 Å². The van der Waals surface area contributed by atoms with Crippen molar-refractivity contribution in [3.8, 4) is 0 Å².